The Morgan fingerprint density at radius 1 is 1.16 bits per heavy atom. The Kier molecular flexibility index (Phi) is 6.27. The highest BCUT2D eigenvalue weighted by molar-refractivity contribution is 5.77. The van der Waals surface area contributed by atoms with Crippen LogP contribution < -0.4 is 11.1 Å². The number of rotatable bonds is 8. The van der Waals surface area contributed by atoms with Crippen molar-refractivity contribution in [1.82, 2.24) is 10.2 Å². The van der Waals surface area contributed by atoms with Crippen molar-refractivity contribution in [3.8, 4) is 0 Å². The normalized spacial score (nSPS) is 14.2. The molecule has 0 radical (unpaired) electrons. The fourth-order valence-corrected chi connectivity index (χ4v) is 2.56. The summed E-state index contributed by atoms with van der Waals surface area (Å²) in [5.74, 6) is -0.0125. The number of nitrogens with one attached hydrogen (secondary N) is 1. The maximum atomic E-state index is 12.6. The lowest BCUT2D eigenvalue weighted by Gasteiger charge is -2.23. The fourth-order valence-electron chi connectivity index (χ4n) is 2.56. The molecule has 138 valence electrons. The molecule has 1 saturated carbocycles. The van der Waals surface area contributed by atoms with Crippen LogP contribution in [0.25, 0.3) is 0 Å². The Hall–Kier alpha value is -2.25. The van der Waals surface area contributed by atoms with Crippen LogP contribution in [0.2, 0.25) is 0 Å². The number of carbonyl (C=O) groups is 2. The van der Waals surface area contributed by atoms with E-state index in [1.54, 1.807) is 4.90 Å². The lowest BCUT2D eigenvalue weighted by atomic mass is 10.1. The highest BCUT2D eigenvalue weighted by Crippen LogP contribution is 2.31. The highest BCUT2D eigenvalue weighted by Gasteiger charge is 2.33. The number of unbranched alkanes of at least 4 members (excludes halogenated alkanes) is 1. The molecule has 3 amide bonds. The van der Waals surface area contributed by atoms with Gasteiger partial charge in [-0.1, -0.05) is 12.1 Å². The second-order valence-corrected chi connectivity index (χ2v) is 6.20. The standard InChI is InChI=1S/C17H22F3N3O2/c18-17(19,20)13-6-4-12(5-7-13)11-23(14-8-9-14)15(24)3-1-2-10-22-16(21)25/h4-7,14H,1-3,8-11H2,(H3,21,22,25). The minimum absolute atomic E-state index is 0.0125. The molecule has 5 nitrogen and oxygen atoms in total. The monoisotopic (exact) mass is 357 g/mol. The second-order valence-electron chi connectivity index (χ2n) is 6.20. The van der Waals surface area contributed by atoms with Crippen LogP contribution in [0.15, 0.2) is 24.3 Å². The van der Waals surface area contributed by atoms with Gasteiger partial charge < -0.3 is 16.0 Å². The van der Waals surface area contributed by atoms with Crippen molar-refractivity contribution in [2.45, 2.75) is 50.9 Å². The maximum Gasteiger partial charge on any atom is 0.416 e. The van der Waals surface area contributed by atoms with Gasteiger partial charge in [-0.3, -0.25) is 4.79 Å². The predicted molar refractivity (Wildman–Crippen MR) is 86.5 cm³/mol. The number of hydrogen-bond acceptors (Lipinski definition) is 2. The Morgan fingerprint density at radius 3 is 2.32 bits per heavy atom. The summed E-state index contributed by atoms with van der Waals surface area (Å²) >= 11 is 0. The summed E-state index contributed by atoms with van der Waals surface area (Å²) < 4.78 is 37.8. The Bertz CT molecular complexity index is 598. The average Bonchev–Trinajstić information content (AvgIpc) is 3.36. The lowest BCUT2D eigenvalue weighted by Crippen LogP contribution is -2.33. The molecule has 25 heavy (non-hydrogen) atoms. The SMILES string of the molecule is NC(=O)NCCCCC(=O)N(Cc1ccc(C(F)(F)F)cc1)C1CC1. The Balaban J connectivity index is 1.86. The molecule has 1 aromatic rings. The molecule has 1 aliphatic carbocycles. The second kappa shape index (κ2) is 8.22. The number of hydrogen-bond donors (Lipinski definition) is 2. The molecule has 0 aliphatic heterocycles. The average molecular weight is 357 g/mol. The van der Waals surface area contributed by atoms with Crippen molar-refractivity contribution < 1.29 is 22.8 Å². The van der Waals surface area contributed by atoms with Gasteiger partial charge in [-0.25, -0.2) is 4.79 Å². The number of benzene rings is 1. The van der Waals surface area contributed by atoms with Gasteiger partial charge >= 0.3 is 12.2 Å². The van der Waals surface area contributed by atoms with E-state index in [0.29, 0.717) is 37.9 Å². The van der Waals surface area contributed by atoms with Gasteiger partial charge in [-0.05, 0) is 43.4 Å². The summed E-state index contributed by atoms with van der Waals surface area (Å²) in [7, 11) is 0. The largest absolute Gasteiger partial charge is 0.416 e. The summed E-state index contributed by atoms with van der Waals surface area (Å²) in [5, 5.41) is 2.46. The maximum absolute atomic E-state index is 12.6. The fraction of sp³-hybridized carbons (Fsp3) is 0.529. The van der Waals surface area contributed by atoms with Crippen molar-refractivity contribution in [1.29, 1.82) is 0 Å². The van der Waals surface area contributed by atoms with Crippen LogP contribution in [-0.4, -0.2) is 29.4 Å². The van der Waals surface area contributed by atoms with Crippen molar-refractivity contribution in [2.24, 2.45) is 5.73 Å². The number of carbonyl (C=O) groups excluding carboxylic acids is 2. The minimum atomic E-state index is -4.36. The first kappa shape index (κ1) is 19.1. The molecule has 0 atom stereocenters. The van der Waals surface area contributed by atoms with E-state index in [4.69, 9.17) is 5.73 Å². The third-order valence-electron chi connectivity index (χ3n) is 4.06. The van der Waals surface area contributed by atoms with E-state index in [0.717, 1.165) is 25.0 Å². The van der Waals surface area contributed by atoms with Crippen LogP contribution in [0.3, 0.4) is 0 Å². The minimum Gasteiger partial charge on any atom is -0.352 e. The van der Waals surface area contributed by atoms with Crippen molar-refractivity contribution >= 4 is 11.9 Å². The number of alkyl halides is 3. The van der Waals surface area contributed by atoms with Gasteiger partial charge in [0.2, 0.25) is 5.91 Å². The first-order valence-corrected chi connectivity index (χ1v) is 8.26. The van der Waals surface area contributed by atoms with E-state index in [-0.39, 0.29) is 11.9 Å². The number of urea groups is 1. The zero-order chi connectivity index (χ0) is 18.4. The summed E-state index contributed by atoms with van der Waals surface area (Å²) in [5.41, 5.74) is 4.95. The topological polar surface area (TPSA) is 75.4 Å². The molecule has 3 N–H and O–H groups in total. The zero-order valence-electron chi connectivity index (χ0n) is 13.8. The van der Waals surface area contributed by atoms with E-state index >= 15 is 0 Å². The number of nitrogens with two attached hydrogens (primary N) is 1. The smallest absolute Gasteiger partial charge is 0.352 e. The van der Waals surface area contributed by atoms with E-state index in [1.165, 1.54) is 12.1 Å². The van der Waals surface area contributed by atoms with E-state index in [2.05, 4.69) is 5.32 Å². The predicted octanol–water partition coefficient (Wildman–Crippen LogP) is 3.04. The first-order valence-electron chi connectivity index (χ1n) is 8.26. The molecular formula is C17H22F3N3O2. The summed E-state index contributed by atoms with van der Waals surface area (Å²) in [6.45, 7) is 0.742. The number of nitrogens with zero attached hydrogens (tertiary/aromatic N) is 1. The number of primary amides is 1. The molecule has 1 aromatic carbocycles. The van der Waals surface area contributed by atoms with Crippen LogP contribution in [-0.2, 0) is 17.5 Å². The van der Waals surface area contributed by atoms with Gasteiger partial charge in [-0.15, -0.1) is 0 Å². The lowest BCUT2D eigenvalue weighted by molar-refractivity contribution is -0.137. The molecule has 0 unspecified atom stereocenters. The molecule has 1 aliphatic rings. The van der Waals surface area contributed by atoms with E-state index < -0.39 is 17.8 Å². The van der Waals surface area contributed by atoms with E-state index in [1.807, 2.05) is 0 Å². The van der Waals surface area contributed by atoms with Crippen molar-refractivity contribution in [3.63, 3.8) is 0 Å². The quantitative estimate of drug-likeness (QED) is 0.702. The van der Waals surface area contributed by atoms with Crippen LogP contribution in [0.4, 0.5) is 18.0 Å². The first-order chi connectivity index (χ1) is 11.8. The molecule has 0 aromatic heterocycles. The van der Waals surface area contributed by atoms with Crippen molar-refractivity contribution in [2.75, 3.05) is 6.54 Å². The zero-order valence-corrected chi connectivity index (χ0v) is 13.8. The van der Waals surface area contributed by atoms with Gasteiger partial charge in [0.05, 0.1) is 5.56 Å². The molecule has 2 rings (SSSR count). The summed E-state index contributed by atoms with van der Waals surface area (Å²) in [6, 6.07) is 4.51. The van der Waals surface area contributed by atoms with Gasteiger partial charge in [0.25, 0.3) is 0 Å². The summed E-state index contributed by atoms with van der Waals surface area (Å²) in [6.07, 6.45) is -0.894. The van der Waals surface area contributed by atoms with Gasteiger partial charge in [0.1, 0.15) is 0 Å². The van der Waals surface area contributed by atoms with Gasteiger partial charge in [-0.2, -0.15) is 13.2 Å². The highest BCUT2D eigenvalue weighted by atomic mass is 19.4. The van der Waals surface area contributed by atoms with Crippen LogP contribution in [0, 0.1) is 0 Å². The molecular weight excluding hydrogens is 335 g/mol. The third-order valence-corrected chi connectivity index (χ3v) is 4.06. The Morgan fingerprint density at radius 2 is 1.80 bits per heavy atom. The van der Waals surface area contributed by atoms with Gasteiger partial charge in [0, 0.05) is 25.6 Å². The van der Waals surface area contributed by atoms with Crippen molar-refractivity contribution in [3.05, 3.63) is 35.4 Å². The third kappa shape index (κ3) is 6.28. The van der Waals surface area contributed by atoms with Crippen LogP contribution in [0.5, 0.6) is 0 Å². The molecule has 0 bridgehead atoms. The molecule has 8 heteroatoms. The molecule has 0 saturated heterocycles. The van der Waals surface area contributed by atoms with Crippen LogP contribution >= 0.6 is 0 Å². The van der Waals surface area contributed by atoms with Gasteiger partial charge in [0.15, 0.2) is 0 Å². The summed E-state index contributed by atoms with van der Waals surface area (Å²) in [4.78, 5) is 24.7. The molecule has 0 heterocycles. The van der Waals surface area contributed by atoms with Crippen LogP contribution in [0.1, 0.15) is 43.2 Å². The number of halogens is 3. The molecule has 1 fully saturated rings. The van der Waals surface area contributed by atoms with E-state index in [9.17, 15) is 22.8 Å². The Labute approximate surface area is 144 Å². The molecule has 0 spiro atoms. The number of amides is 3.